The Hall–Kier alpha value is -3.20. The molecule has 1 aromatic carbocycles. The van der Waals surface area contributed by atoms with Gasteiger partial charge in [0.1, 0.15) is 12.3 Å². The second-order valence-electron chi connectivity index (χ2n) is 10.1. The first kappa shape index (κ1) is 31.2. The Labute approximate surface area is 251 Å². The van der Waals surface area contributed by atoms with Gasteiger partial charge in [0, 0.05) is 54.8 Å². The zero-order valence-corrected chi connectivity index (χ0v) is 25.0. The minimum Gasteiger partial charge on any atom is -0.508 e. The summed E-state index contributed by atoms with van der Waals surface area (Å²) in [5.41, 5.74) is -2.64. The summed E-state index contributed by atoms with van der Waals surface area (Å²) >= 11 is 1.97. The summed E-state index contributed by atoms with van der Waals surface area (Å²) in [4.78, 5) is 1.06. The highest BCUT2D eigenvalue weighted by Gasteiger charge is 2.80. The van der Waals surface area contributed by atoms with Crippen molar-refractivity contribution in [1.82, 2.24) is 0 Å². The Morgan fingerprint density at radius 3 is 1.65 bits per heavy atom. The van der Waals surface area contributed by atoms with Crippen LogP contribution < -0.4 is 4.57 Å². The van der Waals surface area contributed by atoms with E-state index in [0.29, 0.717) is 20.9 Å². The van der Waals surface area contributed by atoms with Crippen LogP contribution in [-0.2, 0) is 16.7 Å². The predicted molar refractivity (Wildman–Crippen MR) is 154 cm³/mol. The van der Waals surface area contributed by atoms with E-state index in [1.165, 1.54) is 50.2 Å². The molecular weight excluding hydrogens is 637 g/mol. The lowest BCUT2D eigenvalue weighted by molar-refractivity contribution is -0.696. The first-order valence-electron chi connectivity index (χ1n) is 12.8. The molecule has 0 saturated carbocycles. The van der Waals surface area contributed by atoms with Crippen LogP contribution in [0.15, 0.2) is 60.9 Å². The number of benzene rings is 1. The number of allylic oxidation sites excluding steroid dienone is 2. The predicted octanol–water partition coefficient (Wildman–Crippen LogP) is 7.86. The van der Waals surface area contributed by atoms with Gasteiger partial charge in [0.05, 0.1) is 5.75 Å². The number of hydrogen-bond donors (Lipinski definition) is 2. The standard InChI is InChI=1S/C29H23F6NO4S3/c1-16-21(14-23(41-16)18-4-6-20(37)7-5-18)25-26(28(32,33)29(34,35)27(25,30)31)22-15-24(42-17(22)2)19-8-11-36(12-9-19)10-3-13-43(38,39)40/h4-9,11-12,14-15H,3,10,13H2,1-2H3,(H-,37,38,39,40)/p+1. The Morgan fingerprint density at radius 2 is 1.21 bits per heavy atom. The van der Waals surface area contributed by atoms with Crippen molar-refractivity contribution in [3.63, 3.8) is 0 Å². The fourth-order valence-corrected chi connectivity index (χ4v) is 7.56. The number of alkyl halides is 6. The van der Waals surface area contributed by atoms with Gasteiger partial charge in [0.25, 0.3) is 10.1 Å². The largest absolute Gasteiger partial charge is 0.508 e. The van der Waals surface area contributed by atoms with Crippen molar-refractivity contribution in [2.24, 2.45) is 0 Å². The number of phenols is 1. The smallest absolute Gasteiger partial charge is 0.380 e. The molecule has 1 aliphatic rings. The van der Waals surface area contributed by atoms with Crippen molar-refractivity contribution in [3.8, 4) is 26.6 Å². The molecule has 0 radical (unpaired) electrons. The van der Waals surface area contributed by atoms with Crippen molar-refractivity contribution < 1.29 is 49.0 Å². The molecule has 0 saturated heterocycles. The summed E-state index contributed by atoms with van der Waals surface area (Å²) in [7, 11) is -4.12. The van der Waals surface area contributed by atoms with Crippen LogP contribution in [0.5, 0.6) is 5.75 Å². The van der Waals surface area contributed by atoms with Crippen LogP contribution in [0.1, 0.15) is 27.3 Å². The number of phenolic OH excluding ortho intramolecular Hbond substituents is 1. The normalized spacial score (nSPS) is 17.5. The lowest BCUT2D eigenvalue weighted by atomic mass is 9.94. The number of halogens is 6. The zero-order chi connectivity index (χ0) is 31.5. The molecule has 43 heavy (non-hydrogen) atoms. The van der Waals surface area contributed by atoms with E-state index in [1.54, 1.807) is 29.1 Å². The van der Waals surface area contributed by atoms with Gasteiger partial charge in [-0.1, -0.05) is 0 Å². The molecule has 1 aliphatic carbocycles. The van der Waals surface area contributed by atoms with Crippen molar-refractivity contribution in [3.05, 3.63) is 81.8 Å². The lowest BCUT2D eigenvalue weighted by Crippen LogP contribution is -2.48. The van der Waals surface area contributed by atoms with Crippen LogP contribution in [0.4, 0.5) is 26.3 Å². The number of nitrogens with zero attached hydrogens (tertiary/aromatic N) is 1. The van der Waals surface area contributed by atoms with Gasteiger partial charge >= 0.3 is 17.8 Å². The number of pyridine rings is 1. The second-order valence-corrected chi connectivity index (χ2v) is 14.2. The number of aromatic hydroxyl groups is 1. The number of aryl methyl sites for hydroxylation is 3. The van der Waals surface area contributed by atoms with Gasteiger partial charge in [-0.2, -0.15) is 34.8 Å². The van der Waals surface area contributed by atoms with Gasteiger partial charge in [-0.15, -0.1) is 22.7 Å². The van der Waals surface area contributed by atoms with Gasteiger partial charge in [-0.05, 0) is 66.9 Å². The molecule has 0 aliphatic heterocycles. The Kier molecular flexibility index (Phi) is 7.81. The molecule has 0 fully saturated rings. The molecule has 228 valence electrons. The van der Waals surface area contributed by atoms with Crippen molar-refractivity contribution >= 4 is 43.9 Å². The number of thiophene rings is 2. The third-order valence-corrected chi connectivity index (χ3v) is 10.2. The molecule has 2 N–H and O–H groups in total. The van der Waals surface area contributed by atoms with Gasteiger partial charge in [-0.3, -0.25) is 4.55 Å². The first-order chi connectivity index (χ1) is 19.9. The van der Waals surface area contributed by atoms with Crippen LogP contribution in [0.3, 0.4) is 0 Å². The summed E-state index contributed by atoms with van der Waals surface area (Å²) in [6.07, 6.45) is 3.31. The first-order valence-corrected chi connectivity index (χ1v) is 16.0. The van der Waals surface area contributed by atoms with E-state index in [1.807, 2.05) is 0 Å². The fourth-order valence-electron chi connectivity index (χ4n) is 5.00. The maximum Gasteiger partial charge on any atom is 0.380 e. The summed E-state index contributed by atoms with van der Waals surface area (Å²) in [5, 5.41) is 9.57. The van der Waals surface area contributed by atoms with Crippen molar-refractivity contribution in [2.45, 2.75) is 44.6 Å². The quantitative estimate of drug-likeness (QED) is 0.115. The Morgan fingerprint density at radius 1 is 0.767 bits per heavy atom. The third-order valence-electron chi connectivity index (χ3n) is 7.19. The number of hydrogen-bond acceptors (Lipinski definition) is 5. The highest BCUT2D eigenvalue weighted by molar-refractivity contribution is 7.85. The molecule has 0 amide bonds. The number of rotatable bonds is 8. The highest BCUT2D eigenvalue weighted by atomic mass is 32.2. The topological polar surface area (TPSA) is 78.5 Å². The maximum absolute atomic E-state index is 15.5. The number of aromatic nitrogens is 1. The molecule has 5 nitrogen and oxygen atoms in total. The highest BCUT2D eigenvalue weighted by Crippen LogP contribution is 2.66. The molecule has 0 atom stereocenters. The maximum atomic E-state index is 15.5. The second kappa shape index (κ2) is 10.8. The molecule has 4 aromatic rings. The molecule has 0 spiro atoms. The fraction of sp³-hybridized carbons (Fsp3) is 0.276. The van der Waals surface area contributed by atoms with E-state index in [9.17, 15) is 22.3 Å². The van der Waals surface area contributed by atoms with E-state index < -0.39 is 55.9 Å². The third kappa shape index (κ3) is 5.49. The van der Waals surface area contributed by atoms with E-state index in [2.05, 4.69) is 0 Å². The van der Waals surface area contributed by atoms with Gasteiger partial charge in [-0.25, -0.2) is 4.57 Å². The van der Waals surface area contributed by atoms with E-state index in [-0.39, 0.29) is 28.5 Å². The van der Waals surface area contributed by atoms with Gasteiger partial charge in [0.2, 0.25) is 0 Å². The molecule has 0 bridgehead atoms. The van der Waals surface area contributed by atoms with Crippen LogP contribution >= 0.6 is 22.7 Å². The summed E-state index contributed by atoms with van der Waals surface area (Å²) in [6, 6.07) is 11.3. The Bertz CT molecular complexity index is 1830. The van der Waals surface area contributed by atoms with Crippen molar-refractivity contribution in [1.29, 1.82) is 0 Å². The van der Waals surface area contributed by atoms with Gasteiger partial charge < -0.3 is 5.11 Å². The monoisotopic (exact) mass is 660 g/mol. The van der Waals surface area contributed by atoms with Crippen molar-refractivity contribution in [2.75, 3.05) is 5.75 Å². The average molecular weight is 661 g/mol. The summed E-state index contributed by atoms with van der Waals surface area (Å²) < 4.78 is 124. The Balaban J connectivity index is 1.60. The summed E-state index contributed by atoms with van der Waals surface area (Å²) in [5.74, 6) is -16.5. The molecule has 3 heterocycles. The van der Waals surface area contributed by atoms with Crippen LogP contribution in [0.25, 0.3) is 32.0 Å². The lowest BCUT2D eigenvalue weighted by Gasteiger charge is -2.25. The SMILES string of the molecule is Cc1sc(-c2ccc(O)cc2)cc1C1=C(c2cc(-c3cc[n+](CCCS(=O)(=O)O)cc3)sc2C)C(F)(F)C(F)(F)C1(F)F. The molecule has 14 heteroatoms. The average Bonchev–Trinajstić information content (AvgIpc) is 3.51. The van der Waals surface area contributed by atoms with Gasteiger partial charge in [0.15, 0.2) is 12.4 Å². The summed E-state index contributed by atoms with van der Waals surface area (Å²) in [6.45, 7) is 3.06. The van der Waals surface area contributed by atoms with Crippen LogP contribution in [-0.4, -0.2) is 41.6 Å². The molecule has 3 aromatic heterocycles. The molecule has 0 unspecified atom stereocenters. The minimum absolute atomic E-state index is 0.0435. The molecular formula is C29H24F6NO4S3+. The van der Waals surface area contributed by atoms with E-state index in [4.69, 9.17) is 4.55 Å². The van der Waals surface area contributed by atoms with E-state index >= 15 is 17.6 Å². The minimum atomic E-state index is -5.69. The van der Waals surface area contributed by atoms with Crippen LogP contribution in [0.2, 0.25) is 0 Å². The zero-order valence-electron chi connectivity index (χ0n) is 22.5. The molecule has 5 rings (SSSR count). The van der Waals surface area contributed by atoms with Crippen LogP contribution in [0, 0.1) is 13.8 Å². The van der Waals surface area contributed by atoms with E-state index in [0.717, 1.165) is 22.7 Å².